The van der Waals surface area contributed by atoms with Crippen LogP contribution in [0.5, 0.6) is 5.75 Å². The van der Waals surface area contributed by atoms with Crippen molar-refractivity contribution < 1.29 is 33.0 Å². The standard InChI is InChI=1S/C30H32Cl2F2N2O5/c1-17-25(37)15-36(27(17)29(39)40)28(38)23-13-22(19-2-3-19)26(14-24(23)33)41-16-30(34)5-8-35(9-6-30)7-4-18-10-20(31)12-21(32)11-18/h10-14,17,19,27H,2-9,15-16H2,1H3,(H,39,40). The van der Waals surface area contributed by atoms with Crippen LogP contribution in [0, 0.1) is 11.7 Å². The van der Waals surface area contributed by atoms with E-state index in [2.05, 4.69) is 4.90 Å². The Morgan fingerprint density at radius 2 is 1.76 bits per heavy atom. The van der Waals surface area contributed by atoms with Crippen molar-refractivity contribution in [3.05, 3.63) is 62.9 Å². The summed E-state index contributed by atoms with van der Waals surface area (Å²) in [6.45, 7) is 2.65. The van der Waals surface area contributed by atoms with E-state index in [9.17, 15) is 19.5 Å². The molecular weight excluding hydrogens is 577 g/mol. The third-order valence-corrected chi connectivity index (χ3v) is 8.82. The van der Waals surface area contributed by atoms with Gasteiger partial charge in [-0.2, -0.15) is 0 Å². The van der Waals surface area contributed by atoms with Gasteiger partial charge in [0.15, 0.2) is 5.78 Å². The number of carboxylic acids is 1. The minimum atomic E-state index is -1.58. The number of rotatable bonds is 9. The van der Waals surface area contributed by atoms with Crippen LogP contribution in [0.2, 0.25) is 10.0 Å². The molecule has 2 atom stereocenters. The lowest BCUT2D eigenvalue weighted by Crippen LogP contribution is -2.45. The van der Waals surface area contributed by atoms with E-state index in [0.717, 1.165) is 42.3 Å². The first kappa shape index (κ1) is 29.7. The number of hydrogen-bond acceptors (Lipinski definition) is 5. The summed E-state index contributed by atoms with van der Waals surface area (Å²) in [5, 5.41) is 10.7. The Kier molecular flexibility index (Phi) is 8.60. The highest BCUT2D eigenvalue weighted by atomic mass is 35.5. The van der Waals surface area contributed by atoms with Crippen molar-refractivity contribution in [2.75, 3.05) is 32.8 Å². The summed E-state index contributed by atoms with van der Waals surface area (Å²) >= 11 is 12.2. The summed E-state index contributed by atoms with van der Waals surface area (Å²) in [5.41, 5.74) is -0.274. The second kappa shape index (κ2) is 11.9. The molecule has 3 fully saturated rings. The Morgan fingerprint density at radius 1 is 1.10 bits per heavy atom. The van der Waals surface area contributed by atoms with Crippen LogP contribution in [-0.4, -0.2) is 77.1 Å². The van der Waals surface area contributed by atoms with Crippen LogP contribution < -0.4 is 4.74 Å². The maximum atomic E-state index is 15.7. The smallest absolute Gasteiger partial charge is 0.327 e. The van der Waals surface area contributed by atoms with Crippen LogP contribution in [0.15, 0.2) is 30.3 Å². The van der Waals surface area contributed by atoms with Crippen molar-refractivity contribution in [1.29, 1.82) is 0 Å². The predicted octanol–water partition coefficient (Wildman–Crippen LogP) is 5.55. The van der Waals surface area contributed by atoms with E-state index in [0.29, 0.717) is 28.7 Å². The topological polar surface area (TPSA) is 87.2 Å². The number of benzene rings is 2. The van der Waals surface area contributed by atoms with Crippen molar-refractivity contribution in [3.8, 4) is 5.75 Å². The van der Waals surface area contributed by atoms with Gasteiger partial charge >= 0.3 is 5.97 Å². The first-order chi connectivity index (χ1) is 19.4. The highest BCUT2D eigenvalue weighted by Crippen LogP contribution is 2.46. The largest absolute Gasteiger partial charge is 0.490 e. The lowest BCUT2D eigenvalue weighted by atomic mass is 9.94. The van der Waals surface area contributed by atoms with Gasteiger partial charge in [0.05, 0.1) is 12.1 Å². The molecule has 1 amide bonds. The molecule has 2 aliphatic heterocycles. The lowest BCUT2D eigenvalue weighted by Gasteiger charge is -2.36. The predicted molar refractivity (Wildman–Crippen MR) is 150 cm³/mol. The van der Waals surface area contributed by atoms with Gasteiger partial charge in [0, 0.05) is 41.7 Å². The molecule has 2 aromatic rings. The molecule has 0 radical (unpaired) electrons. The van der Waals surface area contributed by atoms with Gasteiger partial charge < -0.3 is 19.6 Å². The van der Waals surface area contributed by atoms with E-state index in [-0.39, 0.29) is 49.0 Å². The zero-order valence-corrected chi connectivity index (χ0v) is 24.2. The fourth-order valence-corrected chi connectivity index (χ4v) is 6.27. The molecule has 2 saturated heterocycles. The molecule has 1 N–H and O–H groups in total. The minimum absolute atomic E-state index is 0.0453. The van der Waals surface area contributed by atoms with Crippen LogP contribution in [0.4, 0.5) is 8.78 Å². The first-order valence-electron chi connectivity index (χ1n) is 13.8. The van der Waals surface area contributed by atoms with E-state index in [4.69, 9.17) is 27.9 Å². The molecule has 3 aliphatic rings. The van der Waals surface area contributed by atoms with Crippen molar-refractivity contribution in [2.24, 2.45) is 5.92 Å². The molecular formula is C30H32Cl2F2N2O5. The van der Waals surface area contributed by atoms with Crippen LogP contribution in [0.3, 0.4) is 0 Å². The molecule has 220 valence electrons. The van der Waals surface area contributed by atoms with E-state index in [1.807, 2.05) is 12.1 Å². The monoisotopic (exact) mass is 608 g/mol. The highest BCUT2D eigenvalue weighted by molar-refractivity contribution is 6.34. The molecule has 2 aromatic carbocycles. The normalized spacial score (nSPS) is 22.7. The molecule has 0 aromatic heterocycles. The van der Waals surface area contributed by atoms with Gasteiger partial charge in [-0.25, -0.2) is 13.6 Å². The number of ketones is 1. The number of Topliss-reactive ketones (excluding diaryl/α,β-unsaturated/α-hetero) is 1. The Bertz CT molecular complexity index is 1340. The molecule has 0 bridgehead atoms. The number of halogens is 4. The third kappa shape index (κ3) is 6.68. The van der Waals surface area contributed by atoms with Crippen molar-refractivity contribution in [1.82, 2.24) is 9.80 Å². The molecule has 5 rings (SSSR count). The second-order valence-corrected chi connectivity index (χ2v) is 12.3. The summed E-state index contributed by atoms with van der Waals surface area (Å²) < 4.78 is 36.8. The summed E-state index contributed by atoms with van der Waals surface area (Å²) in [6.07, 6.45) is 2.90. The highest BCUT2D eigenvalue weighted by Gasteiger charge is 2.46. The van der Waals surface area contributed by atoms with Crippen molar-refractivity contribution >= 4 is 40.9 Å². The van der Waals surface area contributed by atoms with Gasteiger partial charge in [0.2, 0.25) is 0 Å². The van der Waals surface area contributed by atoms with Crippen LogP contribution in [-0.2, 0) is 16.0 Å². The number of alkyl halides is 1. The van der Waals surface area contributed by atoms with E-state index in [1.165, 1.54) is 13.0 Å². The van der Waals surface area contributed by atoms with Gasteiger partial charge in [-0.15, -0.1) is 0 Å². The fraction of sp³-hybridized carbons (Fsp3) is 0.500. The molecule has 0 spiro atoms. The first-order valence-corrected chi connectivity index (χ1v) is 14.6. The molecule has 7 nitrogen and oxygen atoms in total. The summed E-state index contributed by atoms with van der Waals surface area (Å²) in [5.74, 6) is -4.09. The van der Waals surface area contributed by atoms with Crippen LogP contribution >= 0.6 is 23.2 Å². The summed E-state index contributed by atoms with van der Waals surface area (Å²) in [4.78, 5) is 40.2. The second-order valence-electron chi connectivity index (χ2n) is 11.4. The number of carbonyl (C=O) groups is 3. The van der Waals surface area contributed by atoms with Gasteiger partial charge in [-0.05, 0) is 73.4 Å². The Labute approximate surface area is 247 Å². The quantitative estimate of drug-likeness (QED) is 0.402. The number of aliphatic carboxylic acids is 1. The molecule has 41 heavy (non-hydrogen) atoms. The van der Waals surface area contributed by atoms with E-state index < -0.39 is 35.3 Å². The Balaban J connectivity index is 1.22. The Morgan fingerprint density at radius 3 is 2.37 bits per heavy atom. The SMILES string of the molecule is CC1C(=O)CN(C(=O)c2cc(C3CC3)c(OCC3(F)CCN(CCc4cc(Cl)cc(Cl)c4)CC3)cc2F)C1C(=O)O. The maximum Gasteiger partial charge on any atom is 0.327 e. The van der Waals surface area contributed by atoms with Crippen LogP contribution in [0.1, 0.15) is 60.0 Å². The molecule has 1 saturated carbocycles. The summed E-state index contributed by atoms with van der Waals surface area (Å²) in [6, 6.07) is 6.54. The summed E-state index contributed by atoms with van der Waals surface area (Å²) in [7, 11) is 0. The number of hydrogen-bond donors (Lipinski definition) is 1. The van der Waals surface area contributed by atoms with E-state index >= 15 is 8.78 Å². The number of piperidine rings is 1. The molecule has 2 unspecified atom stereocenters. The number of carbonyl (C=O) groups excluding carboxylic acids is 2. The average molecular weight is 609 g/mol. The lowest BCUT2D eigenvalue weighted by molar-refractivity contribution is -0.143. The number of nitrogens with zero attached hydrogens (tertiary/aromatic N) is 2. The van der Waals surface area contributed by atoms with Crippen molar-refractivity contribution in [3.63, 3.8) is 0 Å². The number of ether oxygens (including phenoxy) is 1. The zero-order valence-electron chi connectivity index (χ0n) is 22.7. The Hall–Kier alpha value is -2.75. The molecule has 1 aliphatic carbocycles. The third-order valence-electron chi connectivity index (χ3n) is 8.38. The number of likely N-dealkylation sites (tertiary alicyclic amines) is 2. The average Bonchev–Trinajstić information content (AvgIpc) is 3.71. The number of carboxylic acid groups (broad SMARTS) is 1. The maximum absolute atomic E-state index is 15.7. The van der Waals surface area contributed by atoms with Crippen LogP contribution in [0.25, 0.3) is 0 Å². The molecule has 2 heterocycles. The van der Waals surface area contributed by atoms with Gasteiger partial charge in [0.25, 0.3) is 5.91 Å². The molecule has 11 heteroatoms. The van der Waals surface area contributed by atoms with E-state index in [1.54, 1.807) is 6.07 Å². The zero-order chi connectivity index (χ0) is 29.5. The van der Waals surface area contributed by atoms with Gasteiger partial charge in [-0.3, -0.25) is 9.59 Å². The minimum Gasteiger partial charge on any atom is -0.490 e. The fourth-order valence-electron chi connectivity index (χ4n) is 5.70. The number of amides is 1. The van der Waals surface area contributed by atoms with Gasteiger partial charge in [-0.1, -0.05) is 30.1 Å². The van der Waals surface area contributed by atoms with Gasteiger partial charge in [0.1, 0.15) is 29.9 Å². The van der Waals surface area contributed by atoms with Crippen molar-refractivity contribution in [2.45, 2.75) is 56.7 Å².